The highest BCUT2D eigenvalue weighted by Gasteiger charge is 2.20. The minimum absolute atomic E-state index is 0. The van der Waals surface area contributed by atoms with E-state index in [2.05, 4.69) is 6.92 Å². The van der Waals surface area contributed by atoms with E-state index in [1.807, 2.05) is 0 Å². The summed E-state index contributed by atoms with van der Waals surface area (Å²) in [7, 11) is 0. The summed E-state index contributed by atoms with van der Waals surface area (Å²) >= 11 is 0. The maximum Gasteiger partial charge on any atom is 0.0810 e. The molecule has 0 aromatic carbocycles. The Bertz CT molecular complexity index is 79.6. The fraction of sp³-hybridized carbons (Fsp3) is 1.00. The SMILES string of the molecule is CCCCCCCC1CO1.O. The van der Waals surface area contributed by atoms with E-state index >= 15 is 0 Å². The fourth-order valence-electron chi connectivity index (χ4n) is 1.21. The lowest BCUT2D eigenvalue weighted by Gasteiger charge is -1.96. The van der Waals surface area contributed by atoms with E-state index in [1.165, 1.54) is 38.5 Å². The molecule has 68 valence electrons. The van der Waals surface area contributed by atoms with Gasteiger partial charge < -0.3 is 10.2 Å². The highest BCUT2D eigenvalue weighted by molar-refractivity contribution is 4.67. The summed E-state index contributed by atoms with van der Waals surface area (Å²) in [6.07, 6.45) is 8.93. The second kappa shape index (κ2) is 6.62. The third kappa shape index (κ3) is 6.32. The lowest BCUT2D eigenvalue weighted by atomic mass is 10.1. The van der Waals surface area contributed by atoms with Crippen LogP contribution in [0.15, 0.2) is 0 Å². The maximum atomic E-state index is 5.12. The first-order valence-electron chi connectivity index (χ1n) is 4.55. The molecule has 0 radical (unpaired) electrons. The van der Waals surface area contributed by atoms with Gasteiger partial charge in [0.25, 0.3) is 0 Å². The Balaban J connectivity index is 0.000001000. The molecular weight excluding hydrogens is 140 g/mol. The maximum absolute atomic E-state index is 5.12. The Kier molecular flexibility index (Phi) is 6.57. The molecule has 1 saturated heterocycles. The van der Waals surface area contributed by atoms with Crippen molar-refractivity contribution in [2.24, 2.45) is 0 Å². The highest BCUT2D eigenvalue weighted by Crippen LogP contribution is 2.17. The Morgan fingerprint density at radius 2 is 1.82 bits per heavy atom. The molecule has 0 saturated carbocycles. The second-order valence-electron chi connectivity index (χ2n) is 3.16. The van der Waals surface area contributed by atoms with Crippen molar-refractivity contribution >= 4 is 0 Å². The van der Waals surface area contributed by atoms with E-state index in [4.69, 9.17) is 4.74 Å². The van der Waals surface area contributed by atoms with E-state index in [-0.39, 0.29) is 5.48 Å². The fourth-order valence-corrected chi connectivity index (χ4v) is 1.21. The third-order valence-corrected chi connectivity index (χ3v) is 2.03. The predicted octanol–water partition coefficient (Wildman–Crippen LogP) is 1.92. The normalized spacial score (nSPS) is 21.0. The quantitative estimate of drug-likeness (QED) is 0.432. The van der Waals surface area contributed by atoms with Crippen LogP contribution in [-0.4, -0.2) is 18.2 Å². The number of hydrogen-bond acceptors (Lipinski definition) is 1. The van der Waals surface area contributed by atoms with Gasteiger partial charge in [0, 0.05) is 0 Å². The Morgan fingerprint density at radius 1 is 1.18 bits per heavy atom. The van der Waals surface area contributed by atoms with Crippen LogP contribution in [0.1, 0.15) is 45.4 Å². The summed E-state index contributed by atoms with van der Waals surface area (Å²) in [4.78, 5) is 0. The lowest BCUT2D eigenvalue weighted by molar-refractivity contribution is 0.388. The van der Waals surface area contributed by atoms with E-state index in [0.717, 1.165) is 6.61 Å². The van der Waals surface area contributed by atoms with Crippen LogP contribution in [-0.2, 0) is 4.74 Å². The molecule has 1 heterocycles. The molecule has 0 aliphatic carbocycles. The molecule has 0 aromatic rings. The summed E-state index contributed by atoms with van der Waals surface area (Å²) in [6.45, 7) is 3.29. The Hall–Kier alpha value is -0.0800. The van der Waals surface area contributed by atoms with Gasteiger partial charge in [-0.2, -0.15) is 0 Å². The van der Waals surface area contributed by atoms with E-state index < -0.39 is 0 Å². The van der Waals surface area contributed by atoms with Gasteiger partial charge in [0.05, 0.1) is 12.7 Å². The van der Waals surface area contributed by atoms with Crippen LogP contribution < -0.4 is 0 Å². The van der Waals surface area contributed by atoms with Crippen molar-refractivity contribution in [1.82, 2.24) is 0 Å². The number of rotatable bonds is 6. The minimum Gasteiger partial charge on any atom is -0.412 e. The molecule has 0 bridgehead atoms. The van der Waals surface area contributed by atoms with E-state index in [0.29, 0.717) is 6.10 Å². The smallest absolute Gasteiger partial charge is 0.0810 e. The van der Waals surface area contributed by atoms with Crippen LogP contribution in [0.3, 0.4) is 0 Å². The summed E-state index contributed by atoms with van der Waals surface area (Å²) in [5.74, 6) is 0. The van der Waals surface area contributed by atoms with Crippen molar-refractivity contribution in [3.63, 3.8) is 0 Å². The molecule has 1 aliphatic heterocycles. The zero-order valence-corrected chi connectivity index (χ0v) is 7.44. The molecule has 0 amide bonds. The Morgan fingerprint density at radius 3 is 2.36 bits per heavy atom. The second-order valence-corrected chi connectivity index (χ2v) is 3.16. The largest absolute Gasteiger partial charge is 0.412 e. The van der Waals surface area contributed by atoms with Crippen LogP contribution in [0, 0.1) is 0 Å². The van der Waals surface area contributed by atoms with Crippen molar-refractivity contribution < 1.29 is 10.2 Å². The van der Waals surface area contributed by atoms with Gasteiger partial charge >= 0.3 is 0 Å². The van der Waals surface area contributed by atoms with E-state index in [1.54, 1.807) is 0 Å². The number of hydrogen-bond donors (Lipinski definition) is 0. The van der Waals surface area contributed by atoms with Crippen molar-refractivity contribution in [2.45, 2.75) is 51.6 Å². The molecule has 1 atom stereocenters. The van der Waals surface area contributed by atoms with Gasteiger partial charge in [-0.05, 0) is 6.42 Å². The highest BCUT2D eigenvalue weighted by atomic mass is 16.6. The molecule has 2 nitrogen and oxygen atoms in total. The van der Waals surface area contributed by atoms with Crippen molar-refractivity contribution in [1.29, 1.82) is 0 Å². The van der Waals surface area contributed by atoms with Crippen LogP contribution >= 0.6 is 0 Å². The van der Waals surface area contributed by atoms with Crippen molar-refractivity contribution in [3.8, 4) is 0 Å². The lowest BCUT2D eigenvalue weighted by Crippen LogP contribution is -1.84. The van der Waals surface area contributed by atoms with Crippen LogP contribution in [0.5, 0.6) is 0 Å². The average Bonchev–Trinajstić information content (AvgIpc) is 2.71. The van der Waals surface area contributed by atoms with Gasteiger partial charge in [-0.15, -0.1) is 0 Å². The molecular formula is C9H20O2. The summed E-state index contributed by atoms with van der Waals surface area (Å²) < 4.78 is 5.12. The summed E-state index contributed by atoms with van der Waals surface area (Å²) in [5, 5.41) is 0. The van der Waals surface area contributed by atoms with Crippen LogP contribution in [0.25, 0.3) is 0 Å². The van der Waals surface area contributed by atoms with Crippen molar-refractivity contribution in [2.75, 3.05) is 6.61 Å². The number of ether oxygens (including phenoxy) is 1. The first-order valence-corrected chi connectivity index (χ1v) is 4.55. The molecule has 2 N–H and O–H groups in total. The molecule has 1 aliphatic rings. The van der Waals surface area contributed by atoms with Gasteiger partial charge in [-0.3, -0.25) is 0 Å². The van der Waals surface area contributed by atoms with Crippen LogP contribution in [0.2, 0.25) is 0 Å². The van der Waals surface area contributed by atoms with Gasteiger partial charge in [-0.25, -0.2) is 0 Å². The van der Waals surface area contributed by atoms with Crippen molar-refractivity contribution in [3.05, 3.63) is 0 Å². The zero-order valence-electron chi connectivity index (χ0n) is 7.44. The number of unbranched alkanes of at least 4 members (excludes halogenated alkanes) is 4. The predicted molar refractivity (Wildman–Crippen MR) is 46.7 cm³/mol. The van der Waals surface area contributed by atoms with Gasteiger partial charge in [-0.1, -0.05) is 39.0 Å². The number of epoxide rings is 1. The molecule has 0 aromatic heterocycles. The first kappa shape index (κ1) is 10.9. The van der Waals surface area contributed by atoms with E-state index in [9.17, 15) is 0 Å². The van der Waals surface area contributed by atoms with Gasteiger partial charge in [0.1, 0.15) is 0 Å². The average molecular weight is 160 g/mol. The molecule has 1 unspecified atom stereocenters. The summed E-state index contributed by atoms with van der Waals surface area (Å²) in [5.41, 5.74) is 0. The molecule has 0 spiro atoms. The third-order valence-electron chi connectivity index (χ3n) is 2.03. The van der Waals surface area contributed by atoms with Gasteiger partial charge in [0.15, 0.2) is 0 Å². The van der Waals surface area contributed by atoms with Gasteiger partial charge in [0.2, 0.25) is 0 Å². The standard InChI is InChI=1S/C9H18O.H2O/c1-2-3-4-5-6-7-9-8-10-9;/h9H,2-8H2,1H3;1H2. The molecule has 1 fully saturated rings. The first-order chi connectivity index (χ1) is 4.93. The monoisotopic (exact) mass is 160 g/mol. The molecule has 2 heteroatoms. The van der Waals surface area contributed by atoms with Crippen LogP contribution in [0.4, 0.5) is 0 Å². The summed E-state index contributed by atoms with van der Waals surface area (Å²) in [6, 6.07) is 0. The molecule has 11 heavy (non-hydrogen) atoms. The Labute approximate surface area is 69.2 Å². The molecule has 1 rings (SSSR count). The zero-order chi connectivity index (χ0) is 7.23. The minimum atomic E-state index is 0. The topological polar surface area (TPSA) is 44.0 Å².